The lowest BCUT2D eigenvalue weighted by Crippen LogP contribution is -2.41. The molecular weight excluding hydrogens is 589 g/mol. The van der Waals surface area contributed by atoms with Gasteiger partial charge in [-0.3, -0.25) is 14.2 Å². The SMILES string of the molecule is CCS(=O)(=O)CCc1c(-c2ccc(OCOC)cc2)sc2c1c(=O)n(CC(=O)O)c(=O)n2Cc1ccccc1SC. The van der Waals surface area contributed by atoms with Crippen LogP contribution in [-0.2, 0) is 38.9 Å². The number of rotatable bonds is 13. The highest BCUT2D eigenvalue weighted by atomic mass is 32.2. The fourth-order valence-electron chi connectivity index (χ4n) is 4.44. The Morgan fingerprint density at radius 2 is 1.78 bits per heavy atom. The molecular formula is C28H30N2O8S3. The zero-order valence-corrected chi connectivity index (χ0v) is 25.2. The summed E-state index contributed by atoms with van der Waals surface area (Å²) in [6.07, 6.45) is 1.94. The van der Waals surface area contributed by atoms with Crippen molar-refractivity contribution in [3.63, 3.8) is 0 Å². The van der Waals surface area contributed by atoms with Crippen LogP contribution in [0.4, 0.5) is 0 Å². The molecule has 41 heavy (non-hydrogen) atoms. The molecule has 0 bridgehead atoms. The Morgan fingerprint density at radius 3 is 2.41 bits per heavy atom. The largest absolute Gasteiger partial charge is 0.480 e. The van der Waals surface area contributed by atoms with Crippen LogP contribution in [0, 0.1) is 0 Å². The standard InChI is InChI=1S/C28H30N2O8S3/c1-4-41(35,36)14-13-21-24-26(33)29(16-23(31)32)28(34)30(15-19-7-5-6-8-22(19)39-3)27(24)40-25(21)18-9-11-20(12-10-18)38-17-37-2/h5-12H,4,13-17H2,1-3H3,(H,31,32). The van der Waals surface area contributed by atoms with Gasteiger partial charge in [-0.2, -0.15) is 0 Å². The van der Waals surface area contributed by atoms with Crippen molar-refractivity contribution < 1.29 is 27.8 Å². The van der Waals surface area contributed by atoms with Crippen LogP contribution in [0.15, 0.2) is 63.0 Å². The molecule has 0 atom stereocenters. The Labute approximate surface area is 245 Å². The second-order valence-electron chi connectivity index (χ2n) is 9.12. The molecule has 0 fully saturated rings. The Bertz CT molecular complexity index is 1790. The lowest BCUT2D eigenvalue weighted by molar-refractivity contribution is -0.137. The molecule has 0 saturated carbocycles. The van der Waals surface area contributed by atoms with Crippen LogP contribution in [-0.4, -0.2) is 60.3 Å². The van der Waals surface area contributed by atoms with Crippen LogP contribution in [0.3, 0.4) is 0 Å². The summed E-state index contributed by atoms with van der Waals surface area (Å²) in [7, 11) is -1.89. The molecule has 2 aromatic heterocycles. The van der Waals surface area contributed by atoms with Gasteiger partial charge >= 0.3 is 11.7 Å². The van der Waals surface area contributed by atoms with Gasteiger partial charge in [-0.25, -0.2) is 17.8 Å². The smallest absolute Gasteiger partial charge is 0.332 e. The van der Waals surface area contributed by atoms with E-state index in [0.717, 1.165) is 10.5 Å². The maximum absolute atomic E-state index is 13.7. The van der Waals surface area contributed by atoms with Gasteiger partial charge in [0.25, 0.3) is 5.56 Å². The molecule has 0 saturated heterocycles. The van der Waals surface area contributed by atoms with Gasteiger partial charge < -0.3 is 14.6 Å². The van der Waals surface area contributed by atoms with E-state index in [0.29, 0.717) is 31.2 Å². The van der Waals surface area contributed by atoms with Gasteiger partial charge in [-0.05, 0) is 59.7 Å². The highest BCUT2D eigenvalue weighted by molar-refractivity contribution is 7.98. The number of aliphatic carboxylic acids is 1. The van der Waals surface area contributed by atoms with E-state index in [2.05, 4.69) is 0 Å². The highest BCUT2D eigenvalue weighted by Gasteiger charge is 2.25. The molecule has 0 amide bonds. The first kappa shape index (κ1) is 30.6. The van der Waals surface area contributed by atoms with Gasteiger partial charge in [0.05, 0.1) is 17.7 Å². The summed E-state index contributed by atoms with van der Waals surface area (Å²) in [6, 6.07) is 14.6. The van der Waals surface area contributed by atoms with E-state index < -0.39 is 33.6 Å². The number of aryl methyl sites for hydroxylation is 1. The summed E-state index contributed by atoms with van der Waals surface area (Å²) in [4.78, 5) is 41.0. The summed E-state index contributed by atoms with van der Waals surface area (Å²) in [5.41, 5.74) is 0.489. The molecule has 4 rings (SSSR count). The van der Waals surface area contributed by atoms with E-state index in [9.17, 15) is 27.9 Å². The number of thiophene rings is 1. The number of thioether (sulfide) groups is 1. The molecule has 10 nitrogen and oxygen atoms in total. The van der Waals surface area contributed by atoms with E-state index in [1.165, 1.54) is 34.8 Å². The number of nitrogens with zero attached hydrogens (tertiary/aromatic N) is 2. The molecule has 2 aromatic carbocycles. The molecule has 0 aliphatic heterocycles. The molecule has 0 aliphatic carbocycles. The Kier molecular flexibility index (Phi) is 9.74. The number of hydrogen-bond acceptors (Lipinski definition) is 9. The average molecular weight is 619 g/mol. The number of sulfone groups is 1. The number of aromatic nitrogens is 2. The molecule has 0 spiro atoms. The maximum Gasteiger partial charge on any atom is 0.332 e. The van der Waals surface area contributed by atoms with Crippen LogP contribution in [0.25, 0.3) is 20.7 Å². The predicted octanol–water partition coefficient (Wildman–Crippen LogP) is 3.71. The first-order valence-electron chi connectivity index (χ1n) is 12.7. The number of carboxylic acid groups (broad SMARTS) is 1. The normalized spacial score (nSPS) is 11.7. The van der Waals surface area contributed by atoms with Crippen molar-refractivity contribution in [3.8, 4) is 16.2 Å². The fourth-order valence-corrected chi connectivity index (χ4v) is 7.19. The number of hydrogen-bond donors (Lipinski definition) is 1. The van der Waals surface area contributed by atoms with Crippen molar-refractivity contribution in [1.29, 1.82) is 0 Å². The van der Waals surface area contributed by atoms with Crippen LogP contribution < -0.4 is 16.0 Å². The highest BCUT2D eigenvalue weighted by Crippen LogP contribution is 2.38. The molecule has 2 heterocycles. The molecule has 218 valence electrons. The van der Waals surface area contributed by atoms with Crippen molar-refractivity contribution in [2.45, 2.75) is 31.3 Å². The zero-order chi connectivity index (χ0) is 29.7. The first-order chi connectivity index (χ1) is 19.6. The molecule has 13 heteroatoms. The number of ether oxygens (including phenoxy) is 2. The summed E-state index contributed by atoms with van der Waals surface area (Å²) >= 11 is 2.72. The van der Waals surface area contributed by atoms with Gasteiger partial charge in [0, 0.05) is 22.6 Å². The van der Waals surface area contributed by atoms with Crippen molar-refractivity contribution in [2.75, 3.05) is 31.7 Å². The third kappa shape index (κ3) is 6.75. The Morgan fingerprint density at radius 1 is 1.07 bits per heavy atom. The van der Waals surface area contributed by atoms with Crippen LogP contribution in [0.2, 0.25) is 0 Å². The summed E-state index contributed by atoms with van der Waals surface area (Å²) in [6.45, 7) is 0.903. The van der Waals surface area contributed by atoms with Crippen molar-refractivity contribution in [1.82, 2.24) is 9.13 Å². The second-order valence-corrected chi connectivity index (χ2v) is 13.4. The number of benzene rings is 2. The molecule has 0 radical (unpaired) electrons. The lowest BCUT2D eigenvalue weighted by Gasteiger charge is -2.13. The molecule has 4 aromatic rings. The van der Waals surface area contributed by atoms with Crippen molar-refractivity contribution in [3.05, 3.63) is 80.5 Å². The Hall–Kier alpha value is -3.39. The fraction of sp³-hybridized carbons (Fsp3) is 0.321. The minimum absolute atomic E-state index is 0.0232. The topological polar surface area (TPSA) is 134 Å². The predicted molar refractivity (Wildman–Crippen MR) is 161 cm³/mol. The summed E-state index contributed by atoms with van der Waals surface area (Å²) < 4.78 is 37.6. The average Bonchev–Trinajstić information content (AvgIpc) is 3.35. The molecule has 1 N–H and O–H groups in total. The second kappa shape index (κ2) is 13.1. The van der Waals surface area contributed by atoms with Crippen molar-refractivity contribution in [2.24, 2.45) is 0 Å². The third-order valence-electron chi connectivity index (χ3n) is 6.53. The molecule has 0 aliphatic rings. The van der Waals surface area contributed by atoms with E-state index in [-0.39, 0.29) is 36.7 Å². The summed E-state index contributed by atoms with van der Waals surface area (Å²) in [5.74, 6) is -1.04. The number of carbonyl (C=O) groups is 1. The number of methoxy groups -OCH3 is 1. The number of fused-ring (bicyclic) bond motifs is 1. The number of carboxylic acids is 1. The lowest BCUT2D eigenvalue weighted by atomic mass is 10.0. The van der Waals surface area contributed by atoms with E-state index in [1.807, 2.05) is 30.5 Å². The quantitative estimate of drug-likeness (QED) is 0.176. The van der Waals surface area contributed by atoms with Gasteiger partial charge in [0.1, 0.15) is 27.0 Å². The van der Waals surface area contributed by atoms with E-state index >= 15 is 0 Å². The zero-order valence-electron chi connectivity index (χ0n) is 22.8. The van der Waals surface area contributed by atoms with Crippen LogP contribution >= 0.6 is 23.1 Å². The minimum atomic E-state index is -3.40. The molecule has 0 unspecified atom stereocenters. The van der Waals surface area contributed by atoms with Crippen LogP contribution in [0.1, 0.15) is 18.1 Å². The van der Waals surface area contributed by atoms with Gasteiger partial charge in [-0.15, -0.1) is 23.1 Å². The monoisotopic (exact) mass is 618 g/mol. The maximum atomic E-state index is 13.7. The van der Waals surface area contributed by atoms with Crippen LogP contribution in [0.5, 0.6) is 5.75 Å². The van der Waals surface area contributed by atoms with Gasteiger partial charge in [0.2, 0.25) is 0 Å². The van der Waals surface area contributed by atoms with E-state index in [1.54, 1.807) is 31.2 Å². The van der Waals surface area contributed by atoms with Gasteiger partial charge in [-0.1, -0.05) is 25.1 Å². The van der Waals surface area contributed by atoms with E-state index in [4.69, 9.17) is 9.47 Å². The van der Waals surface area contributed by atoms with Gasteiger partial charge in [0.15, 0.2) is 6.79 Å². The first-order valence-corrected chi connectivity index (χ1v) is 16.5. The summed E-state index contributed by atoms with van der Waals surface area (Å²) in [5, 5.41) is 9.68. The Balaban J connectivity index is 2.02. The minimum Gasteiger partial charge on any atom is -0.480 e. The van der Waals surface area contributed by atoms with Crippen molar-refractivity contribution >= 4 is 49.1 Å². The third-order valence-corrected chi connectivity index (χ3v) is 10.4.